The summed E-state index contributed by atoms with van der Waals surface area (Å²) in [4.78, 5) is 31.0. The molecule has 0 radical (unpaired) electrons. The number of oxazole rings is 1. The van der Waals surface area contributed by atoms with Crippen LogP contribution >= 0.6 is 0 Å². The summed E-state index contributed by atoms with van der Waals surface area (Å²) in [5.41, 5.74) is 1.35. The number of hydrogen-bond acceptors (Lipinski definition) is 3. The number of amides is 2. The van der Waals surface area contributed by atoms with Crippen LogP contribution in [0.15, 0.2) is 67.7 Å². The quantitative estimate of drug-likeness (QED) is 0.663. The first-order valence-corrected chi connectivity index (χ1v) is 5.87. The molecule has 0 spiro atoms. The number of para-hydroxylation sites is 4. The van der Waals surface area contributed by atoms with Crippen LogP contribution in [-0.2, 0) is 0 Å². The summed E-state index contributed by atoms with van der Waals surface area (Å²) < 4.78 is 4.76. The summed E-state index contributed by atoms with van der Waals surface area (Å²) in [6, 6.07) is 14.0. The van der Waals surface area contributed by atoms with E-state index in [4.69, 9.17) is 4.42 Å². The lowest BCUT2D eigenvalue weighted by molar-refractivity contribution is 0.256. The molecule has 2 aromatic carbocycles. The van der Waals surface area contributed by atoms with Crippen molar-refractivity contribution in [3.8, 4) is 0 Å². The molecule has 1 aromatic heterocycles. The predicted octanol–water partition coefficient (Wildman–Crippen LogP) is 1.18. The Morgan fingerprint density at radius 2 is 1.45 bits per heavy atom. The Morgan fingerprint density at radius 3 is 2.10 bits per heavy atom. The predicted molar refractivity (Wildman–Crippen MR) is 71.0 cm³/mol. The summed E-state index contributed by atoms with van der Waals surface area (Å²) in [7, 11) is 0. The van der Waals surface area contributed by atoms with E-state index in [0.29, 0.717) is 16.3 Å². The second-order valence-corrected chi connectivity index (χ2v) is 4.01. The number of nitrogens with zero attached hydrogens (tertiary/aromatic N) is 2. The maximum atomic E-state index is 10.6. The number of nitrogens with one attached hydrogen (secondary N) is 1. The van der Waals surface area contributed by atoms with Gasteiger partial charge in [-0.15, -0.1) is 0 Å². The third kappa shape index (κ3) is 2.39. The molecule has 4 rings (SSSR count). The first-order chi connectivity index (χ1) is 9.72. The molecular formula is C14H9N3O3. The fourth-order valence-corrected chi connectivity index (χ4v) is 1.78. The lowest BCUT2D eigenvalue weighted by atomic mass is 10.3. The molecule has 1 aliphatic heterocycles. The summed E-state index contributed by atoms with van der Waals surface area (Å²) in [6.45, 7) is 0. The van der Waals surface area contributed by atoms with E-state index in [1.165, 1.54) is 0 Å². The average molecular weight is 267 g/mol. The number of urea groups is 1. The molecular weight excluding hydrogens is 258 g/mol. The topological polar surface area (TPSA) is 87.8 Å². The van der Waals surface area contributed by atoms with E-state index in [-0.39, 0.29) is 0 Å². The summed E-state index contributed by atoms with van der Waals surface area (Å²) in [5.74, 6) is -0.402. The first kappa shape index (κ1) is 12.0. The minimum absolute atomic E-state index is 0.402. The monoisotopic (exact) mass is 267 g/mol. The van der Waals surface area contributed by atoms with E-state index in [2.05, 4.69) is 15.0 Å². The number of H-pyrrole nitrogens is 1. The minimum Gasteiger partial charge on any atom is -0.408 e. The molecule has 2 heterocycles. The number of rotatable bonds is 0. The molecule has 1 N–H and O–H groups in total. The normalized spacial score (nSPS) is 12.1. The van der Waals surface area contributed by atoms with Crippen LogP contribution < -0.4 is 16.5 Å². The Kier molecular flexibility index (Phi) is 2.96. The molecule has 20 heavy (non-hydrogen) atoms. The SMILES string of the molecule is O=C1N=c2ccccc2=N1.O=c1[nH]c2ccccc2o1. The maximum Gasteiger partial charge on any atom is 0.417 e. The van der Waals surface area contributed by atoms with Gasteiger partial charge in [0.2, 0.25) is 0 Å². The van der Waals surface area contributed by atoms with Gasteiger partial charge in [0.05, 0.1) is 16.2 Å². The highest BCUT2D eigenvalue weighted by molar-refractivity contribution is 5.77. The van der Waals surface area contributed by atoms with Crippen molar-refractivity contribution < 1.29 is 9.21 Å². The molecule has 0 saturated heterocycles. The molecule has 6 nitrogen and oxygen atoms in total. The number of aromatic nitrogens is 1. The van der Waals surface area contributed by atoms with Crippen molar-refractivity contribution >= 4 is 17.1 Å². The lowest BCUT2D eigenvalue weighted by Crippen LogP contribution is -2.19. The molecule has 0 aliphatic carbocycles. The van der Waals surface area contributed by atoms with Crippen LogP contribution in [-0.4, -0.2) is 11.0 Å². The summed E-state index contributed by atoms with van der Waals surface area (Å²) in [5, 5.41) is 1.35. The smallest absolute Gasteiger partial charge is 0.408 e. The molecule has 98 valence electrons. The van der Waals surface area contributed by atoms with E-state index < -0.39 is 11.8 Å². The summed E-state index contributed by atoms with van der Waals surface area (Å²) >= 11 is 0. The van der Waals surface area contributed by atoms with Gasteiger partial charge in [0, 0.05) is 0 Å². The van der Waals surface area contributed by atoms with Crippen molar-refractivity contribution in [2.45, 2.75) is 0 Å². The molecule has 3 aromatic rings. The number of aromatic amines is 1. The second-order valence-electron chi connectivity index (χ2n) is 4.01. The zero-order chi connectivity index (χ0) is 13.9. The highest BCUT2D eigenvalue weighted by atomic mass is 16.4. The van der Waals surface area contributed by atoms with Gasteiger partial charge >= 0.3 is 11.8 Å². The number of carbonyl (C=O) groups excluding carboxylic acids is 1. The molecule has 2 amide bonds. The Labute approximate surface area is 112 Å². The van der Waals surface area contributed by atoms with Crippen molar-refractivity contribution in [3.05, 3.63) is 69.8 Å². The zero-order valence-corrected chi connectivity index (χ0v) is 10.2. The highest BCUT2D eigenvalue weighted by Crippen LogP contribution is 2.06. The fourth-order valence-electron chi connectivity index (χ4n) is 1.78. The molecule has 0 bridgehead atoms. The van der Waals surface area contributed by atoms with Crippen LogP contribution in [0.5, 0.6) is 0 Å². The Balaban J connectivity index is 0.000000121. The average Bonchev–Trinajstić information content (AvgIpc) is 2.99. The van der Waals surface area contributed by atoms with Gasteiger partial charge in [0.1, 0.15) is 0 Å². The van der Waals surface area contributed by atoms with Gasteiger partial charge < -0.3 is 4.42 Å². The van der Waals surface area contributed by atoms with Crippen molar-refractivity contribution in [3.63, 3.8) is 0 Å². The third-order valence-corrected chi connectivity index (χ3v) is 2.64. The van der Waals surface area contributed by atoms with Crippen molar-refractivity contribution in [1.29, 1.82) is 0 Å². The van der Waals surface area contributed by atoms with Gasteiger partial charge in [-0.05, 0) is 24.3 Å². The zero-order valence-electron chi connectivity index (χ0n) is 10.2. The summed E-state index contributed by atoms with van der Waals surface area (Å²) in [6.07, 6.45) is 0. The fraction of sp³-hybridized carbons (Fsp3) is 0. The van der Waals surface area contributed by atoms with Gasteiger partial charge in [0.25, 0.3) is 0 Å². The molecule has 0 unspecified atom stereocenters. The molecule has 0 fully saturated rings. The standard InChI is InChI=1S/C7H4N2O.C7H5NO2/c10-7-8-5-3-1-2-4-6(5)9-7;9-7-8-5-3-1-2-4-6(5)10-7/h1-4H;1-4H,(H,8,9). The van der Waals surface area contributed by atoms with Gasteiger partial charge in [-0.3, -0.25) is 4.98 Å². The van der Waals surface area contributed by atoms with Crippen LogP contribution in [0.3, 0.4) is 0 Å². The Morgan fingerprint density at radius 1 is 0.850 bits per heavy atom. The van der Waals surface area contributed by atoms with Crippen LogP contribution in [0.2, 0.25) is 0 Å². The molecule has 6 heteroatoms. The van der Waals surface area contributed by atoms with Crippen LogP contribution in [0.4, 0.5) is 4.79 Å². The van der Waals surface area contributed by atoms with Crippen LogP contribution in [0, 0.1) is 0 Å². The van der Waals surface area contributed by atoms with Crippen molar-refractivity contribution in [2.24, 2.45) is 9.98 Å². The third-order valence-electron chi connectivity index (χ3n) is 2.64. The van der Waals surface area contributed by atoms with Gasteiger partial charge in [0.15, 0.2) is 5.58 Å². The second kappa shape index (κ2) is 4.93. The van der Waals surface area contributed by atoms with Gasteiger partial charge in [-0.25, -0.2) is 9.59 Å². The molecule has 0 saturated carbocycles. The molecule has 1 aliphatic rings. The van der Waals surface area contributed by atoms with E-state index in [0.717, 1.165) is 5.52 Å². The number of fused-ring (bicyclic) bond motifs is 2. The van der Waals surface area contributed by atoms with Gasteiger partial charge in [-0.1, -0.05) is 24.3 Å². The van der Waals surface area contributed by atoms with Crippen molar-refractivity contribution in [2.75, 3.05) is 0 Å². The largest absolute Gasteiger partial charge is 0.417 e. The maximum absolute atomic E-state index is 10.6. The van der Waals surface area contributed by atoms with Crippen LogP contribution in [0.25, 0.3) is 11.1 Å². The van der Waals surface area contributed by atoms with E-state index in [1.807, 2.05) is 24.3 Å². The van der Waals surface area contributed by atoms with Gasteiger partial charge in [-0.2, -0.15) is 9.98 Å². The van der Waals surface area contributed by atoms with Crippen LogP contribution in [0.1, 0.15) is 0 Å². The minimum atomic E-state index is -0.402. The van der Waals surface area contributed by atoms with E-state index >= 15 is 0 Å². The Bertz CT molecular complexity index is 880. The molecule has 0 atom stereocenters. The number of benzene rings is 2. The van der Waals surface area contributed by atoms with E-state index in [1.54, 1.807) is 24.3 Å². The highest BCUT2D eigenvalue weighted by Gasteiger charge is 2.01. The lowest BCUT2D eigenvalue weighted by Gasteiger charge is -1.79. The number of hydrogen-bond donors (Lipinski definition) is 1. The Hall–Kier alpha value is -3.02. The van der Waals surface area contributed by atoms with Crippen molar-refractivity contribution in [1.82, 2.24) is 4.98 Å². The first-order valence-electron chi connectivity index (χ1n) is 5.87. The number of carbonyl (C=O) groups is 1. The van der Waals surface area contributed by atoms with E-state index in [9.17, 15) is 9.59 Å².